The molecule has 0 atom stereocenters. The molecule has 0 aromatic heterocycles. The summed E-state index contributed by atoms with van der Waals surface area (Å²) in [5.74, 6) is -0.224. The van der Waals surface area contributed by atoms with E-state index >= 15 is 0 Å². The SMILES string of the molecule is Fc1ccc(-c2cc3ccc4cc(-c5c6ccccc6c(-c6ccc(C(F)(F)F)cc6)c6ccccc56)cc5ccc(c2)c3c45)c2ccccc12. The Bertz CT molecular complexity index is 2880. The second-order valence-corrected chi connectivity index (χ2v) is 13.3. The highest BCUT2D eigenvalue weighted by molar-refractivity contribution is 6.27. The quantitative estimate of drug-likeness (QED) is 0.100. The van der Waals surface area contributed by atoms with Gasteiger partial charge < -0.3 is 0 Å². The van der Waals surface area contributed by atoms with E-state index in [1.807, 2.05) is 54.6 Å². The molecule has 0 aliphatic heterocycles. The smallest absolute Gasteiger partial charge is 0.206 e. The predicted octanol–water partition coefficient (Wildman–Crippen LogP) is 14.2. The van der Waals surface area contributed by atoms with Crippen molar-refractivity contribution >= 4 is 64.6 Å². The second-order valence-electron chi connectivity index (χ2n) is 13.3. The lowest BCUT2D eigenvalue weighted by Crippen LogP contribution is -2.04. The Hall–Kier alpha value is -6.26. The van der Waals surface area contributed by atoms with Gasteiger partial charge in [0.05, 0.1) is 5.56 Å². The minimum absolute atomic E-state index is 0.224. The number of benzene rings is 10. The van der Waals surface area contributed by atoms with Gasteiger partial charge in [0, 0.05) is 5.39 Å². The van der Waals surface area contributed by atoms with Gasteiger partial charge in [0.15, 0.2) is 0 Å². The van der Waals surface area contributed by atoms with E-state index in [1.54, 1.807) is 18.2 Å². The van der Waals surface area contributed by atoms with Crippen LogP contribution in [-0.2, 0) is 6.18 Å². The van der Waals surface area contributed by atoms with Crippen LogP contribution in [0.3, 0.4) is 0 Å². The zero-order chi connectivity index (χ0) is 34.4. The largest absolute Gasteiger partial charge is 0.416 e. The van der Waals surface area contributed by atoms with E-state index in [-0.39, 0.29) is 5.82 Å². The van der Waals surface area contributed by atoms with Gasteiger partial charge in [-0.3, -0.25) is 0 Å². The average molecular weight is 667 g/mol. The van der Waals surface area contributed by atoms with Crippen LogP contribution in [0.4, 0.5) is 17.6 Å². The molecule has 0 N–H and O–H groups in total. The molecule has 0 bridgehead atoms. The molecule has 51 heavy (non-hydrogen) atoms. The number of hydrogen-bond donors (Lipinski definition) is 0. The van der Waals surface area contributed by atoms with Gasteiger partial charge in [0.2, 0.25) is 0 Å². The van der Waals surface area contributed by atoms with Crippen LogP contribution in [0.5, 0.6) is 0 Å². The standard InChI is InChI=1S/C47H26F4/c48-42-22-21-35(36-7-1-2-8-37(36)42)32-23-28-13-15-30-25-33(26-31-16-14-29(24-32)43(28)44(30)31)46-40-11-5-3-9-38(40)45(39-10-4-6-12-41(39)46)27-17-19-34(20-18-27)47(49,50)51/h1-26H. The fourth-order valence-corrected chi connectivity index (χ4v) is 8.23. The van der Waals surface area contributed by atoms with Crippen LogP contribution in [0.15, 0.2) is 158 Å². The number of halogens is 4. The van der Waals surface area contributed by atoms with Crippen molar-refractivity contribution in [3.63, 3.8) is 0 Å². The zero-order valence-electron chi connectivity index (χ0n) is 27.0. The van der Waals surface area contributed by atoms with Crippen LogP contribution in [-0.4, -0.2) is 0 Å². The number of fused-ring (bicyclic) bond motifs is 3. The molecule has 10 aromatic carbocycles. The van der Waals surface area contributed by atoms with Crippen molar-refractivity contribution in [2.45, 2.75) is 6.18 Å². The van der Waals surface area contributed by atoms with E-state index in [4.69, 9.17) is 0 Å². The molecular weight excluding hydrogens is 641 g/mol. The zero-order valence-corrected chi connectivity index (χ0v) is 27.0. The van der Waals surface area contributed by atoms with Gasteiger partial charge in [-0.25, -0.2) is 4.39 Å². The van der Waals surface area contributed by atoms with Crippen molar-refractivity contribution in [2.24, 2.45) is 0 Å². The van der Waals surface area contributed by atoms with Crippen molar-refractivity contribution in [2.75, 3.05) is 0 Å². The van der Waals surface area contributed by atoms with Gasteiger partial charge >= 0.3 is 6.18 Å². The van der Waals surface area contributed by atoms with E-state index in [1.165, 1.54) is 10.8 Å². The maximum atomic E-state index is 14.7. The van der Waals surface area contributed by atoms with Gasteiger partial charge in [-0.05, 0) is 135 Å². The molecule has 0 heterocycles. The first kappa shape index (κ1) is 29.6. The Labute approximate surface area is 290 Å². The summed E-state index contributed by atoms with van der Waals surface area (Å²) in [5.41, 5.74) is 5.21. The maximum absolute atomic E-state index is 14.7. The molecule has 0 saturated heterocycles. The summed E-state index contributed by atoms with van der Waals surface area (Å²) in [5, 5.41) is 12.4. The third-order valence-electron chi connectivity index (χ3n) is 10.4. The van der Waals surface area contributed by atoms with Crippen molar-refractivity contribution in [1.29, 1.82) is 0 Å². The van der Waals surface area contributed by atoms with E-state index in [0.717, 1.165) is 94.0 Å². The minimum atomic E-state index is -4.40. The van der Waals surface area contributed by atoms with E-state index in [2.05, 4.69) is 72.8 Å². The second kappa shape index (κ2) is 10.9. The third-order valence-corrected chi connectivity index (χ3v) is 10.4. The van der Waals surface area contributed by atoms with Crippen LogP contribution in [0.2, 0.25) is 0 Å². The van der Waals surface area contributed by atoms with Crippen molar-refractivity contribution in [1.82, 2.24) is 0 Å². The topological polar surface area (TPSA) is 0 Å². The summed E-state index contributed by atoms with van der Waals surface area (Å²) in [6, 6.07) is 50.5. The van der Waals surface area contributed by atoms with Crippen LogP contribution >= 0.6 is 0 Å². The van der Waals surface area contributed by atoms with E-state index < -0.39 is 11.7 Å². The van der Waals surface area contributed by atoms with Crippen LogP contribution < -0.4 is 0 Å². The van der Waals surface area contributed by atoms with Crippen molar-refractivity contribution in [3.05, 3.63) is 169 Å². The highest BCUT2D eigenvalue weighted by atomic mass is 19.4. The molecule has 0 saturated carbocycles. The third kappa shape index (κ3) is 4.53. The van der Waals surface area contributed by atoms with Gasteiger partial charge in [0.25, 0.3) is 0 Å². The van der Waals surface area contributed by atoms with Gasteiger partial charge in [0.1, 0.15) is 5.82 Å². The normalized spacial score (nSPS) is 12.3. The molecule has 0 nitrogen and oxygen atoms in total. The predicted molar refractivity (Wildman–Crippen MR) is 204 cm³/mol. The van der Waals surface area contributed by atoms with Gasteiger partial charge in [-0.2, -0.15) is 13.2 Å². The summed E-state index contributed by atoms with van der Waals surface area (Å²) < 4.78 is 55.1. The molecule has 0 aliphatic rings. The average Bonchev–Trinajstić information content (AvgIpc) is 3.15. The molecule has 0 amide bonds. The molecule has 4 heteroatoms. The summed E-state index contributed by atoms with van der Waals surface area (Å²) in [7, 11) is 0. The lowest BCUT2D eigenvalue weighted by Gasteiger charge is -2.19. The van der Waals surface area contributed by atoms with Crippen LogP contribution in [0, 0.1) is 5.82 Å². The summed E-state index contributed by atoms with van der Waals surface area (Å²) >= 11 is 0. The van der Waals surface area contributed by atoms with Crippen molar-refractivity contribution < 1.29 is 17.6 Å². The van der Waals surface area contributed by atoms with E-state index in [0.29, 0.717) is 5.39 Å². The Morgan fingerprint density at radius 1 is 0.353 bits per heavy atom. The maximum Gasteiger partial charge on any atom is 0.416 e. The first-order valence-corrected chi connectivity index (χ1v) is 16.9. The Balaban J connectivity index is 1.19. The van der Waals surface area contributed by atoms with Gasteiger partial charge in [-0.1, -0.05) is 115 Å². The number of alkyl halides is 3. The minimum Gasteiger partial charge on any atom is -0.206 e. The van der Waals surface area contributed by atoms with E-state index in [9.17, 15) is 17.6 Å². The fourth-order valence-electron chi connectivity index (χ4n) is 8.23. The van der Waals surface area contributed by atoms with Crippen LogP contribution in [0.25, 0.3) is 98.0 Å². The highest BCUT2D eigenvalue weighted by Gasteiger charge is 2.30. The molecule has 10 rings (SSSR count). The summed E-state index contributed by atoms with van der Waals surface area (Å²) in [6.07, 6.45) is -4.40. The van der Waals surface area contributed by atoms with Gasteiger partial charge in [-0.15, -0.1) is 0 Å². The molecule has 10 aromatic rings. The molecule has 242 valence electrons. The molecule has 0 unspecified atom stereocenters. The summed E-state index contributed by atoms with van der Waals surface area (Å²) in [4.78, 5) is 0. The van der Waals surface area contributed by atoms with Crippen LogP contribution in [0.1, 0.15) is 5.56 Å². The first-order chi connectivity index (χ1) is 24.8. The molecule has 0 aliphatic carbocycles. The first-order valence-electron chi connectivity index (χ1n) is 16.9. The van der Waals surface area contributed by atoms with Crippen molar-refractivity contribution in [3.8, 4) is 33.4 Å². The molecular formula is C47H26F4. The highest BCUT2D eigenvalue weighted by Crippen LogP contribution is 2.46. The Morgan fingerprint density at radius 2 is 0.765 bits per heavy atom. The monoisotopic (exact) mass is 666 g/mol. The molecule has 0 radical (unpaired) electrons. The molecule has 0 fully saturated rings. The number of hydrogen-bond acceptors (Lipinski definition) is 0. The summed E-state index contributed by atoms with van der Waals surface area (Å²) in [6.45, 7) is 0. The Morgan fingerprint density at radius 3 is 1.24 bits per heavy atom. The fraction of sp³-hybridized carbons (Fsp3) is 0.0213. The lowest BCUT2D eigenvalue weighted by molar-refractivity contribution is -0.137. The Kier molecular flexibility index (Phi) is 6.32. The molecule has 0 spiro atoms. The number of rotatable bonds is 3. The lowest BCUT2D eigenvalue weighted by atomic mass is 9.84.